The van der Waals surface area contributed by atoms with Crippen LogP contribution in [0.3, 0.4) is 0 Å². The molecule has 0 aromatic heterocycles. The van der Waals surface area contributed by atoms with Crippen LogP contribution in [0, 0.1) is 18.2 Å². The topological polar surface area (TPSA) is 20.2 Å². The van der Waals surface area contributed by atoms with Crippen molar-refractivity contribution in [2.24, 2.45) is 5.41 Å². The summed E-state index contributed by atoms with van der Waals surface area (Å²) in [5.41, 5.74) is 1.44. The standard InChI is InChI=1S/C14H19FO/c1-10-9-11(5-6-12(10)15)13(16)14(2)7-3-4-8-14/h5-6,9,13,16H,3-4,7-8H2,1-2H3. The molecule has 1 N–H and O–H groups in total. The lowest BCUT2D eigenvalue weighted by Gasteiger charge is -2.30. The molecule has 1 aliphatic rings. The number of aliphatic hydroxyl groups excluding tert-OH is 1. The molecule has 1 aromatic carbocycles. The van der Waals surface area contributed by atoms with Gasteiger partial charge in [0.25, 0.3) is 0 Å². The molecule has 1 unspecified atom stereocenters. The van der Waals surface area contributed by atoms with Crippen LogP contribution in [0.2, 0.25) is 0 Å². The summed E-state index contributed by atoms with van der Waals surface area (Å²) in [7, 11) is 0. The molecule has 0 amide bonds. The Morgan fingerprint density at radius 1 is 1.31 bits per heavy atom. The summed E-state index contributed by atoms with van der Waals surface area (Å²) >= 11 is 0. The van der Waals surface area contributed by atoms with E-state index in [9.17, 15) is 9.50 Å². The van der Waals surface area contributed by atoms with Crippen LogP contribution in [0.15, 0.2) is 18.2 Å². The van der Waals surface area contributed by atoms with E-state index >= 15 is 0 Å². The smallest absolute Gasteiger partial charge is 0.126 e. The van der Waals surface area contributed by atoms with E-state index in [2.05, 4.69) is 6.92 Å². The van der Waals surface area contributed by atoms with Gasteiger partial charge in [0, 0.05) is 0 Å². The van der Waals surface area contributed by atoms with Crippen molar-refractivity contribution in [3.8, 4) is 0 Å². The van der Waals surface area contributed by atoms with Gasteiger partial charge in [-0.2, -0.15) is 0 Å². The van der Waals surface area contributed by atoms with Crippen LogP contribution in [0.4, 0.5) is 4.39 Å². The summed E-state index contributed by atoms with van der Waals surface area (Å²) < 4.78 is 13.2. The summed E-state index contributed by atoms with van der Waals surface area (Å²) in [4.78, 5) is 0. The van der Waals surface area contributed by atoms with Crippen LogP contribution in [-0.4, -0.2) is 5.11 Å². The molecule has 1 nitrogen and oxygen atoms in total. The lowest BCUT2D eigenvalue weighted by molar-refractivity contribution is 0.0407. The van der Waals surface area contributed by atoms with Gasteiger partial charge in [0.2, 0.25) is 0 Å². The Morgan fingerprint density at radius 3 is 2.50 bits per heavy atom. The zero-order chi connectivity index (χ0) is 11.8. The number of rotatable bonds is 2. The summed E-state index contributed by atoms with van der Waals surface area (Å²) in [6.07, 6.45) is 4.03. The first-order valence-electron chi connectivity index (χ1n) is 5.97. The van der Waals surface area contributed by atoms with E-state index in [1.165, 1.54) is 18.9 Å². The first kappa shape index (κ1) is 11.6. The molecular weight excluding hydrogens is 203 g/mol. The summed E-state index contributed by atoms with van der Waals surface area (Å²) in [5.74, 6) is -0.201. The largest absolute Gasteiger partial charge is 0.388 e. The predicted octanol–water partition coefficient (Wildman–Crippen LogP) is 3.75. The first-order valence-corrected chi connectivity index (χ1v) is 5.97. The monoisotopic (exact) mass is 222 g/mol. The number of benzene rings is 1. The second kappa shape index (κ2) is 4.17. The fraction of sp³-hybridized carbons (Fsp3) is 0.571. The maximum absolute atomic E-state index is 13.2. The number of aryl methyl sites for hydroxylation is 1. The van der Waals surface area contributed by atoms with Gasteiger partial charge in [-0.05, 0) is 42.4 Å². The average molecular weight is 222 g/mol. The van der Waals surface area contributed by atoms with Gasteiger partial charge in [0.15, 0.2) is 0 Å². The molecule has 1 aliphatic carbocycles. The molecule has 1 aromatic rings. The highest BCUT2D eigenvalue weighted by Crippen LogP contribution is 2.47. The zero-order valence-electron chi connectivity index (χ0n) is 9.96. The Labute approximate surface area is 96.3 Å². The minimum atomic E-state index is -0.464. The van der Waals surface area contributed by atoms with E-state index in [4.69, 9.17) is 0 Å². The van der Waals surface area contributed by atoms with Crippen molar-refractivity contribution in [2.75, 3.05) is 0 Å². The molecule has 1 saturated carbocycles. The van der Waals surface area contributed by atoms with Crippen LogP contribution in [0.25, 0.3) is 0 Å². The van der Waals surface area contributed by atoms with Crippen molar-refractivity contribution in [1.82, 2.24) is 0 Å². The number of aliphatic hydroxyl groups is 1. The van der Waals surface area contributed by atoms with Crippen molar-refractivity contribution in [2.45, 2.75) is 45.6 Å². The maximum atomic E-state index is 13.2. The van der Waals surface area contributed by atoms with Gasteiger partial charge >= 0.3 is 0 Å². The van der Waals surface area contributed by atoms with Crippen LogP contribution >= 0.6 is 0 Å². The minimum Gasteiger partial charge on any atom is -0.388 e. The van der Waals surface area contributed by atoms with E-state index in [1.807, 2.05) is 0 Å². The fourth-order valence-electron chi connectivity index (χ4n) is 2.70. The van der Waals surface area contributed by atoms with Gasteiger partial charge < -0.3 is 5.11 Å². The number of hydrogen-bond acceptors (Lipinski definition) is 1. The van der Waals surface area contributed by atoms with Gasteiger partial charge in [-0.1, -0.05) is 31.9 Å². The third kappa shape index (κ3) is 1.99. The normalized spacial score (nSPS) is 21.0. The van der Waals surface area contributed by atoms with Gasteiger partial charge in [0.05, 0.1) is 6.10 Å². The highest BCUT2D eigenvalue weighted by molar-refractivity contribution is 5.27. The van der Waals surface area contributed by atoms with Crippen molar-refractivity contribution >= 4 is 0 Å². The molecule has 1 fully saturated rings. The third-order valence-corrected chi connectivity index (χ3v) is 3.90. The molecule has 2 heteroatoms. The third-order valence-electron chi connectivity index (χ3n) is 3.90. The van der Waals surface area contributed by atoms with Gasteiger partial charge in [-0.15, -0.1) is 0 Å². The molecule has 0 aliphatic heterocycles. The van der Waals surface area contributed by atoms with Crippen molar-refractivity contribution in [3.05, 3.63) is 35.1 Å². The Morgan fingerprint density at radius 2 is 1.94 bits per heavy atom. The fourth-order valence-corrected chi connectivity index (χ4v) is 2.70. The molecule has 0 radical (unpaired) electrons. The Hall–Kier alpha value is -0.890. The molecule has 0 bridgehead atoms. The molecule has 0 heterocycles. The summed E-state index contributed by atoms with van der Waals surface area (Å²) in [6.45, 7) is 3.87. The van der Waals surface area contributed by atoms with E-state index in [0.29, 0.717) is 5.56 Å². The van der Waals surface area contributed by atoms with Crippen molar-refractivity contribution < 1.29 is 9.50 Å². The van der Waals surface area contributed by atoms with E-state index in [-0.39, 0.29) is 11.2 Å². The zero-order valence-corrected chi connectivity index (χ0v) is 9.96. The van der Waals surface area contributed by atoms with Crippen LogP contribution < -0.4 is 0 Å². The molecular formula is C14H19FO. The molecule has 16 heavy (non-hydrogen) atoms. The SMILES string of the molecule is Cc1cc(C(O)C2(C)CCCC2)ccc1F. The Kier molecular flexibility index (Phi) is 3.02. The van der Waals surface area contributed by atoms with E-state index < -0.39 is 6.10 Å². The van der Waals surface area contributed by atoms with Crippen molar-refractivity contribution in [1.29, 1.82) is 0 Å². The Bertz CT molecular complexity index is 380. The second-order valence-corrected chi connectivity index (χ2v) is 5.27. The number of halogens is 1. The molecule has 88 valence electrons. The maximum Gasteiger partial charge on any atom is 0.126 e. The number of hydrogen-bond donors (Lipinski definition) is 1. The van der Waals surface area contributed by atoms with Gasteiger partial charge in [-0.3, -0.25) is 0 Å². The summed E-state index contributed by atoms with van der Waals surface area (Å²) in [5, 5.41) is 10.4. The summed E-state index contributed by atoms with van der Waals surface area (Å²) in [6, 6.07) is 4.92. The predicted molar refractivity (Wildman–Crippen MR) is 62.7 cm³/mol. The average Bonchev–Trinajstić information content (AvgIpc) is 2.70. The molecule has 2 rings (SSSR count). The highest BCUT2D eigenvalue weighted by Gasteiger charge is 2.36. The Balaban J connectivity index is 2.26. The van der Waals surface area contributed by atoms with Crippen LogP contribution in [-0.2, 0) is 0 Å². The van der Waals surface area contributed by atoms with Gasteiger partial charge in [-0.25, -0.2) is 4.39 Å². The van der Waals surface area contributed by atoms with Gasteiger partial charge in [0.1, 0.15) is 5.82 Å². The minimum absolute atomic E-state index is 0.0235. The lowest BCUT2D eigenvalue weighted by atomic mass is 9.79. The van der Waals surface area contributed by atoms with E-state index in [1.54, 1.807) is 19.1 Å². The molecule has 0 spiro atoms. The van der Waals surface area contributed by atoms with Crippen LogP contribution in [0.1, 0.15) is 49.8 Å². The first-order chi connectivity index (χ1) is 7.53. The van der Waals surface area contributed by atoms with Crippen molar-refractivity contribution in [3.63, 3.8) is 0 Å². The highest BCUT2D eigenvalue weighted by atomic mass is 19.1. The quantitative estimate of drug-likeness (QED) is 0.808. The molecule has 1 atom stereocenters. The van der Waals surface area contributed by atoms with E-state index in [0.717, 1.165) is 18.4 Å². The van der Waals surface area contributed by atoms with Crippen LogP contribution in [0.5, 0.6) is 0 Å². The molecule has 0 saturated heterocycles. The lowest BCUT2D eigenvalue weighted by Crippen LogP contribution is -2.22. The second-order valence-electron chi connectivity index (χ2n) is 5.27.